The lowest BCUT2D eigenvalue weighted by Crippen LogP contribution is -2.47. The van der Waals surface area contributed by atoms with E-state index in [1.54, 1.807) is 54.8 Å². The number of benzene rings is 2. The molecular weight excluding hydrogens is 452 g/mol. The minimum Gasteiger partial charge on any atom is -0.481 e. The molecule has 0 aliphatic heterocycles. The number of halogens is 1. The minimum absolute atomic E-state index is 0.158. The van der Waals surface area contributed by atoms with Gasteiger partial charge in [0.05, 0.1) is 11.0 Å². The summed E-state index contributed by atoms with van der Waals surface area (Å²) >= 11 is 3.34. The van der Waals surface area contributed by atoms with E-state index in [1.807, 2.05) is 13.0 Å². The molecule has 156 valence electrons. The Hall–Kier alpha value is -3.20. The molecule has 9 heteroatoms. The fourth-order valence-electron chi connectivity index (χ4n) is 2.92. The molecule has 2 N–H and O–H groups in total. The number of nitrogens with zero attached hydrogens (tertiary/aromatic N) is 2. The van der Waals surface area contributed by atoms with Crippen LogP contribution in [-0.4, -0.2) is 27.5 Å². The Morgan fingerprint density at radius 1 is 1.20 bits per heavy atom. The van der Waals surface area contributed by atoms with Crippen LogP contribution in [0.5, 0.6) is 5.75 Å². The predicted octanol–water partition coefficient (Wildman–Crippen LogP) is 2.72. The Balaban J connectivity index is 1.68. The SMILES string of the molecule is CCn1c(=O)c(C)nc2cc(C(=O)NNC(=O)C(C)Oc3cccc(Br)c3)ccc21. The maximum atomic E-state index is 12.5. The summed E-state index contributed by atoms with van der Waals surface area (Å²) in [5.74, 6) is -0.484. The second-order valence-corrected chi connectivity index (χ2v) is 7.53. The monoisotopic (exact) mass is 472 g/mol. The second kappa shape index (κ2) is 9.08. The summed E-state index contributed by atoms with van der Waals surface area (Å²) < 4.78 is 7.99. The first-order valence-electron chi connectivity index (χ1n) is 9.33. The second-order valence-electron chi connectivity index (χ2n) is 6.61. The first-order chi connectivity index (χ1) is 14.3. The summed E-state index contributed by atoms with van der Waals surface area (Å²) in [5, 5.41) is 0. The van der Waals surface area contributed by atoms with E-state index in [1.165, 1.54) is 0 Å². The first-order valence-corrected chi connectivity index (χ1v) is 10.1. The molecule has 1 atom stereocenters. The Bertz CT molecular complexity index is 1180. The highest BCUT2D eigenvalue weighted by Crippen LogP contribution is 2.19. The largest absolute Gasteiger partial charge is 0.481 e. The van der Waals surface area contributed by atoms with Crippen molar-refractivity contribution in [3.05, 3.63) is 68.5 Å². The quantitative estimate of drug-likeness (QED) is 0.555. The van der Waals surface area contributed by atoms with Crippen molar-refractivity contribution in [2.45, 2.75) is 33.4 Å². The van der Waals surface area contributed by atoms with Crippen LogP contribution in [0, 0.1) is 6.92 Å². The number of aryl methyl sites for hydroxylation is 2. The molecule has 3 aromatic rings. The third-order valence-electron chi connectivity index (χ3n) is 4.46. The number of hydrogen-bond acceptors (Lipinski definition) is 5. The summed E-state index contributed by atoms with van der Waals surface area (Å²) in [7, 11) is 0. The average Bonchev–Trinajstić information content (AvgIpc) is 2.72. The lowest BCUT2D eigenvalue weighted by Gasteiger charge is -2.15. The minimum atomic E-state index is -0.820. The molecule has 0 radical (unpaired) electrons. The maximum Gasteiger partial charge on any atom is 0.279 e. The number of fused-ring (bicyclic) bond motifs is 1. The maximum absolute atomic E-state index is 12.5. The molecule has 0 aliphatic carbocycles. The molecule has 30 heavy (non-hydrogen) atoms. The van der Waals surface area contributed by atoms with Gasteiger partial charge in [0, 0.05) is 16.6 Å². The lowest BCUT2D eigenvalue weighted by molar-refractivity contribution is -0.128. The summed E-state index contributed by atoms with van der Waals surface area (Å²) in [6.45, 7) is 5.58. The zero-order valence-corrected chi connectivity index (χ0v) is 18.3. The van der Waals surface area contributed by atoms with Crippen LogP contribution in [0.3, 0.4) is 0 Å². The predicted molar refractivity (Wildman–Crippen MR) is 116 cm³/mol. The van der Waals surface area contributed by atoms with Gasteiger partial charge in [-0.2, -0.15) is 0 Å². The third-order valence-corrected chi connectivity index (χ3v) is 4.96. The van der Waals surface area contributed by atoms with Crippen molar-refractivity contribution in [3.63, 3.8) is 0 Å². The standard InChI is InChI=1S/C21H21BrN4O4/c1-4-26-18-9-8-14(10-17(18)23-12(2)21(26)29)20(28)25-24-19(27)13(3)30-16-7-5-6-15(22)11-16/h5-11,13H,4H2,1-3H3,(H,24,27)(H,25,28). The first kappa shape index (κ1) is 21.5. The van der Waals surface area contributed by atoms with E-state index >= 15 is 0 Å². The van der Waals surface area contributed by atoms with E-state index < -0.39 is 17.9 Å². The van der Waals surface area contributed by atoms with Crippen LogP contribution in [0.1, 0.15) is 29.9 Å². The van der Waals surface area contributed by atoms with Crippen LogP contribution in [0.2, 0.25) is 0 Å². The molecule has 1 heterocycles. The van der Waals surface area contributed by atoms with Gasteiger partial charge in [0.15, 0.2) is 6.10 Å². The molecule has 1 unspecified atom stereocenters. The normalized spacial score (nSPS) is 11.7. The lowest BCUT2D eigenvalue weighted by atomic mass is 10.1. The number of aromatic nitrogens is 2. The number of amides is 2. The number of nitrogens with one attached hydrogen (secondary N) is 2. The zero-order chi connectivity index (χ0) is 21.8. The Labute approximate surface area is 181 Å². The molecule has 0 aliphatic rings. The van der Waals surface area contributed by atoms with Crippen LogP contribution in [0.4, 0.5) is 0 Å². The van der Waals surface area contributed by atoms with Gasteiger partial charge in [0.25, 0.3) is 17.4 Å². The van der Waals surface area contributed by atoms with Crippen LogP contribution in [0.25, 0.3) is 11.0 Å². The summed E-state index contributed by atoms with van der Waals surface area (Å²) in [6, 6.07) is 11.9. The van der Waals surface area contributed by atoms with Gasteiger partial charge in [-0.05, 0) is 57.2 Å². The molecule has 0 saturated carbocycles. The Morgan fingerprint density at radius 2 is 1.97 bits per heavy atom. The zero-order valence-electron chi connectivity index (χ0n) is 16.7. The van der Waals surface area contributed by atoms with E-state index in [9.17, 15) is 14.4 Å². The molecule has 0 bridgehead atoms. The molecule has 2 amide bonds. The number of carbonyl (C=O) groups excluding carboxylic acids is 2. The molecule has 1 aromatic heterocycles. The number of ether oxygens (including phenoxy) is 1. The van der Waals surface area contributed by atoms with Crippen molar-refractivity contribution in [1.29, 1.82) is 0 Å². The molecule has 0 saturated heterocycles. The van der Waals surface area contributed by atoms with E-state index in [0.717, 1.165) is 4.47 Å². The third kappa shape index (κ3) is 4.68. The molecular formula is C21H21BrN4O4. The molecule has 3 rings (SSSR count). The summed E-state index contributed by atoms with van der Waals surface area (Å²) in [5.41, 5.74) is 6.40. The molecule has 8 nitrogen and oxygen atoms in total. The van der Waals surface area contributed by atoms with Crippen molar-refractivity contribution >= 4 is 38.8 Å². The molecule has 0 spiro atoms. The number of carbonyl (C=O) groups is 2. The molecule has 2 aromatic carbocycles. The number of rotatable bonds is 5. The van der Waals surface area contributed by atoms with E-state index in [2.05, 4.69) is 31.8 Å². The van der Waals surface area contributed by atoms with Crippen LogP contribution in [-0.2, 0) is 11.3 Å². The van der Waals surface area contributed by atoms with Crippen LogP contribution < -0.4 is 21.1 Å². The van der Waals surface area contributed by atoms with Gasteiger partial charge in [0.1, 0.15) is 11.4 Å². The topological polar surface area (TPSA) is 102 Å². The van der Waals surface area contributed by atoms with E-state index in [-0.39, 0.29) is 5.56 Å². The summed E-state index contributed by atoms with van der Waals surface area (Å²) in [4.78, 5) is 41.2. The van der Waals surface area contributed by atoms with Crippen molar-refractivity contribution in [2.24, 2.45) is 0 Å². The van der Waals surface area contributed by atoms with Gasteiger partial charge >= 0.3 is 0 Å². The molecule has 0 fully saturated rings. The van der Waals surface area contributed by atoms with Gasteiger partial charge in [0.2, 0.25) is 0 Å². The fourth-order valence-corrected chi connectivity index (χ4v) is 3.30. The summed E-state index contributed by atoms with van der Waals surface area (Å²) in [6.07, 6.45) is -0.820. The van der Waals surface area contributed by atoms with Crippen molar-refractivity contribution in [1.82, 2.24) is 20.4 Å². The van der Waals surface area contributed by atoms with Crippen LogP contribution >= 0.6 is 15.9 Å². The Kier molecular flexibility index (Phi) is 6.51. The Morgan fingerprint density at radius 3 is 2.67 bits per heavy atom. The van der Waals surface area contributed by atoms with Gasteiger partial charge in [-0.25, -0.2) is 4.98 Å². The van der Waals surface area contributed by atoms with E-state index in [0.29, 0.717) is 34.6 Å². The average molecular weight is 473 g/mol. The number of hydrazine groups is 1. The van der Waals surface area contributed by atoms with Gasteiger partial charge < -0.3 is 9.30 Å². The smallest absolute Gasteiger partial charge is 0.279 e. The van der Waals surface area contributed by atoms with Crippen molar-refractivity contribution in [2.75, 3.05) is 0 Å². The van der Waals surface area contributed by atoms with Crippen molar-refractivity contribution < 1.29 is 14.3 Å². The highest BCUT2D eigenvalue weighted by atomic mass is 79.9. The van der Waals surface area contributed by atoms with Gasteiger partial charge in [-0.1, -0.05) is 22.0 Å². The fraction of sp³-hybridized carbons (Fsp3) is 0.238. The number of hydrogen-bond donors (Lipinski definition) is 2. The van der Waals surface area contributed by atoms with Crippen molar-refractivity contribution in [3.8, 4) is 5.75 Å². The highest BCUT2D eigenvalue weighted by Gasteiger charge is 2.17. The van der Waals surface area contributed by atoms with Crippen LogP contribution in [0.15, 0.2) is 51.7 Å². The van der Waals surface area contributed by atoms with Gasteiger partial charge in [-0.3, -0.25) is 25.2 Å². The van der Waals surface area contributed by atoms with Gasteiger partial charge in [-0.15, -0.1) is 0 Å². The highest BCUT2D eigenvalue weighted by molar-refractivity contribution is 9.10. The van der Waals surface area contributed by atoms with E-state index in [4.69, 9.17) is 4.74 Å².